The number of carbonyl (C=O) groups is 3. The van der Waals surface area contributed by atoms with Crippen molar-refractivity contribution in [3.8, 4) is 17.0 Å². The zero-order valence-electron chi connectivity index (χ0n) is 26.8. The van der Waals surface area contributed by atoms with Crippen LogP contribution in [0.5, 0.6) is 5.75 Å². The number of carboxylic acids is 1. The molecule has 1 aliphatic carbocycles. The average Bonchev–Trinajstić information content (AvgIpc) is 3.29. The van der Waals surface area contributed by atoms with Gasteiger partial charge in [0.25, 0.3) is 0 Å². The summed E-state index contributed by atoms with van der Waals surface area (Å²) in [7, 11) is 0. The molecule has 7 rings (SSSR count). The van der Waals surface area contributed by atoms with Gasteiger partial charge in [0.1, 0.15) is 6.61 Å². The molecule has 2 aromatic carbocycles. The monoisotopic (exact) mass is 626 g/mol. The van der Waals surface area contributed by atoms with Crippen LogP contribution in [0.4, 0.5) is 5.69 Å². The van der Waals surface area contributed by atoms with Gasteiger partial charge >= 0.3 is 5.97 Å². The molecule has 0 radical (unpaired) electrons. The second kappa shape index (κ2) is 13.4. The summed E-state index contributed by atoms with van der Waals surface area (Å²) in [6.45, 7) is 4.28. The molecule has 1 N–H and O–H groups in total. The first kappa shape index (κ1) is 30.6. The van der Waals surface area contributed by atoms with Crippen LogP contribution in [0.15, 0.2) is 36.4 Å². The number of rotatable bonds is 7. The van der Waals surface area contributed by atoms with Crippen molar-refractivity contribution in [1.82, 2.24) is 14.4 Å². The first-order chi connectivity index (χ1) is 22.5. The van der Waals surface area contributed by atoms with E-state index in [0.29, 0.717) is 24.8 Å². The zero-order chi connectivity index (χ0) is 31.6. The second-order valence-electron chi connectivity index (χ2n) is 13.5. The molecule has 3 aromatic rings. The highest BCUT2D eigenvalue weighted by atomic mass is 16.5. The van der Waals surface area contributed by atoms with E-state index in [1.54, 1.807) is 6.07 Å². The van der Waals surface area contributed by atoms with Crippen molar-refractivity contribution in [2.75, 3.05) is 50.8 Å². The van der Waals surface area contributed by atoms with Gasteiger partial charge in [-0.15, -0.1) is 0 Å². The number of amides is 2. The number of aromatic nitrogens is 1. The first-order valence-electron chi connectivity index (χ1n) is 17.5. The maximum atomic E-state index is 13.7. The number of aromatic carboxylic acids is 1. The Morgan fingerprint density at radius 3 is 2.04 bits per heavy atom. The van der Waals surface area contributed by atoms with Crippen molar-refractivity contribution in [2.24, 2.45) is 0 Å². The number of ether oxygens (including phenoxy) is 1. The van der Waals surface area contributed by atoms with Crippen LogP contribution in [0, 0.1) is 0 Å². The van der Waals surface area contributed by atoms with Crippen molar-refractivity contribution in [3.63, 3.8) is 0 Å². The third-order valence-electron chi connectivity index (χ3n) is 10.6. The van der Waals surface area contributed by atoms with E-state index in [-0.39, 0.29) is 30.5 Å². The zero-order valence-corrected chi connectivity index (χ0v) is 26.8. The predicted molar refractivity (Wildman–Crippen MR) is 179 cm³/mol. The predicted octanol–water partition coefficient (Wildman–Crippen LogP) is 6.28. The number of hydrogen-bond donors (Lipinski definition) is 1. The number of piperidine rings is 2. The Bertz CT molecular complexity index is 1580. The third kappa shape index (κ3) is 5.96. The van der Waals surface area contributed by atoms with Gasteiger partial charge in [-0.25, -0.2) is 4.79 Å². The summed E-state index contributed by atoms with van der Waals surface area (Å²) < 4.78 is 8.85. The van der Waals surface area contributed by atoms with Crippen LogP contribution in [0.2, 0.25) is 0 Å². The fourth-order valence-electron chi connectivity index (χ4n) is 8.23. The molecule has 244 valence electrons. The standard InChI is InChI=1S/C37H46N4O5/c42-32(38-17-6-2-7-18-38)24-40(25-33(43)39-19-8-3-9-20-39)30-14-10-13-29-35-34(26-11-4-1-5-12-26)28-16-15-27(37(44)45)23-31(28)41(35)21-22-46-36(29)30/h10,13-16,23,26H,1-9,11-12,17-22,24-25H2,(H,44,45). The fraction of sp³-hybridized carbons (Fsp3) is 0.541. The number of fused-ring (bicyclic) bond motifs is 5. The Hall–Kier alpha value is -4.01. The van der Waals surface area contributed by atoms with E-state index in [2.05, 4.69) is 10.6 Å². The molecule has 0 unspecified atom stereocenters. The molecule has 9 nitrogen and oxygen atoms in total. The molecule has 1 saturated carbocycles. The van der Waals surface area contributed by atoms with Gasteiger partial charge in [0.05, 0.1) is 36.6 Å². The van der Waals surface area contributed by atoms with E-state index in [0.717, 1.165) is 105 Å². The molecule has 46 heavy (non-hydrogen) atoms. The minimum atomic E-state index is -0.934. The number of hydrogen-bond acceptors (Lipinski definition) is 5. The number of carboxylic acid groups (broad SMARTS) is 1. The van der Waals surface area contributed by atoms with Crippen LogP contribution in [0.3, 0.4) is 0 Å². The van der Waals surface area contributed by atoms with E-state index in [1.807, 2.05) is 39.0 Å². The molecule has 9 heteroatoms. The van der Waals surface area contributed by atoms with Crippen LogP contribution >= 0.6 is 0 Å². The van der Waals surface area contributed by atoms with Crippen molar-refractivity contribution in [1.29, 1.82) is 0 Å². The SMILES string of the molecule is O=C(O)c1ccc2c(C3CCCCC3)c3n(c2c1)CCOc1c-3cccc1N(CC(=O)N1CCCCC1)CC(=O)N1CCCCC1. The van der Waals surface area contributed by atoms with Gasteiger partial charge in [-0.1, -0.05) is 31.4 Å². The molecule has 0 atom stereocenters. The van der Waals surface area contributed by atoms with E-state index in [4.69, 9.17) is 4.74 Å². The Balaban J connectivity index is 1.34. The van der Waals surface area contributed by atoms with Crippen molar-refractivity contribution in [2.45, 2.75) is 83.1 Å². The normalized spacial score (nSPS) is 18.8. The van der Waals surface area contributed by atoms with Gasteiger partial charge in [0.2, 0.25) is 11.8 Å². The van der Waals surface area contributed by atoms with E-state index in [9.17, 15) is 19.5 Å². The first-order valence-corrected chi connectivity index (χ1v) is 17.5. The number of carbonyl (C=O) groups excluding carboxylic acids is 2. The van der Waals surface area contributed by atoms with Crippen LogP contribution in [0.25, 0.3) is 22.2 Å². The highest BCUT2D eigenvalue weighted by molar-refractivity contribution is 5.99. The molecule has 4 heterocycles. The lowest BCUT2D eigenvalue weighted by molar-refractivity contribution is -0.131. The molecule has 3 fully saturated rings. The molecule has 2 amide bonds. The largest absolute Gasteiger partial charge is 0.489 e. The van der Waals surface area contributed by atoms with Crippen molar-refractivity contribution < 1.29 is 24.2 Å². The summed E-state index contributed by atoms with van der Waals surface area (Å²) in [5.41, 5.74) is 5.28. The molecule has 1 aromatic heterocycles. The highest BCUT2D eigenvalue weighted by Gasteiger charge is 2.33. The molecule has 0 spiro atoms. The van der Waals surface area contributed by atoms with Gasteiger partial charge in [-0.05, 0) is 87.1 Å². The minimum absolute atomic E-state index is 0.0515. The Morgan fingerprint density at radius 1 is 0.783 bits per heavy atom. The van der Waals surface area contributed by atoms with Gasteiger partial charge < -0.3 is 29.1 Å². The van der Waals surface area contributed by atoms with E-state index < -0.39 is 5.97 Å². The van der Waals surface area contributed by atoms with E-state index in [1.165, 1.54) is 24.8 Å². The minimum Gasteiger partial charge on any atom is -0.489 e. The van der Waals surface area contributed by atoms with Crippen LogP contribution in [-0.2, 0) is 16.1 Å². The quantitative estimate of drug-likeness (QED) is 0.332. The van der Waals surface area contributed by atoms with Crippen LogP contribution in [-0.4, -0.2) is 83.1 Å². The van der Waals surface area contributed by atoms with Crippen LogP contribution in [0.1, 0.15) is 92.5 Å². The number of anilines is 1. The summed E-state index contributed by atoms with van der Waals surface area (Å²) in [5, 5.41) is 11.0. The summed E-state index contributed by atoms with van der Waals surface area (Å²) in [5.74, 6) is 0.246. The average molecular weight is 627 g/mol. The molecule has 4 aliphatic rings. The molecular weight excluding hydrogens is 580 g/mol. The lowest BCUT2D eigenvalue weighted by atomic mass is 9.81. The maximum absolute atomic E-state index is 13.7. The van der Waals surface area contributed by atoms with Gasteiger partial charge in [-0.2, -0.15) is 0 Å². The van der Waals surface area contributed by atoms with Gasteiger partial charge in [0.15, 0.2) is 5.75 Å². The van der Waals surface area contributed by atoms with E-state index >= 15 is 0 Å². The Labute approximate surface area is 271 Å². The maximum Gasteiger partial charge on any atom is 0.335 e. The molecule has 2 saturated heterocycles. The van der Waals surface area contributed by atoms with Gasteiger partial charge in [0, 0.05) is 42.6 Å². The lowest BCUT2D eigenvalue weighted by Crippen LogP contribution is -2.47. The summed E-state index contributed by atoms with van der Waals surface area (Å²) >= 11 is 0. The number of nitrogens with zero attached hydrogens (tertiary/aromatic N) is 4. The summed E-state index contributed by atoms with van der Waals surface area (Å²) in [6, 6.07) is 11.6. The lowest BCUT2D eigenvalue weighted by Gasteiger charge is -2.34. The van der Waals surface area contributed by atoms with Crippen molar-refractivity contribution in [3.05, 3.63) is 47.5 Å². The number of benzene rings is 2. The third-order valence-corrected chi connectivity index (χ3v) is 10.6. The smallest absolute Gasteiger partial charge is 0.335 e. The van der Waals surface area contributed by atoms with Gasteiger partial charge in [-0.3, -0.25) is 9.59 Å². The number of likely N-dealkylation sites (tertiary alicyclic amines) is 2. The Morgan fingerprint density at radius 2 is 1.41 bits per heavy atom. The highest BCUT2D eigenvalue weighted by Crippen LogP contribution is 2.49. The summed E-state index contributed by atoms with van der Waals surface area (Å²) in [6.07, 6.45) is 12.1. The molecule has 0 bridgehead atoms. The summed E-state index contributed by atoms with van der Waals surface area (Å²) in [4.78, 5) is 45.3. The van der Waals surface area contributed by atoms with Crippen molar-refractivity contribution >= 4 is 34.4 Å². The second-order valence-corrected chi connectivity index (χ2v) is 13.5. The van der Waals surface area contributed by atoms with Crippen LogP contribution < -0.4 is 9.64 Å². The molecular formula is C37H46N4O5. The molecule has 3 aliphatic heterocycles. The topological polar surface area (TPSA) is 95.3 Å². The number of para-hydroxylation sites is 1. The fourth-order valence-corrected chi connectivity index (χ4v) is 8.23. The Kier molecular flexibility index (Phi) is 8.91.